The molecule has 4 nitrogen and oxygen atoms in total. The molecule has 1 aliphatic heterocycles. The van der Waals surface area contributed by atoms with Gasteiger partial charge in [-0.2, -0.15) is 8.42 Å². The number of carbonyl (C=O) groups is 1. The fourth-order valence-electron chi connectivity index (χ4n) is 2.24. The maximum atomic E-state index is 13.8. The standard InChI is InChI=1S/C12H13F2NO3S/c1-8-2-3-11(10(13)4-8)15-6-9(5-12(15)16)7-19(14,17)18/h2-4,9H,5-7H2,1H3. The van der Waals surface area contributed by atoms with Gasteiger partial charge in [0.05, 0.1) is 11.4 Å². The smallest absolute Gasteiger partial charge is 0.302 e. The fraction of sp³-hybridized carbons (Fsp3) is 0.417. The van der Waals surface area contributed by atoms with Crippen LogP contribution in [0.25, 0.3) is 0 Å². The van der Waals surface area contributed by atoms with Crippen molar-refractivity contribution >= 4 is 21.8 Å². The Kier molecular flexibility index (Phi) is 3.58. The van der Waals surface area contributed by atoms with Crippen LogP contribution >= 0.6 is 0 Å². The molecule has 1 saturated heterocycles. The van der Waals surface area contributed by atoms with Crippen molar-refractivity contribution < 1.29 is 21.5 Å². The Morgan fingerprint density at radius 1 is 1.42 bits per heavy atom. The van der Waals surface area contributed by atoms with Gasteiger partial charge in [0.15, 0.2) is 0 Å². The van der Waals surface area contributed by atoms with Crippen LogP contribution < -0.4 is 4.90 Å². The van der Waals surface area contributed by atoms with E-state index in [2.05, 4.69) is 0 Å². The molecule has 19 heavy (non-hydrogen) atoms. The highest BCUT2D eigenvalue weighted by Gasteiger charge is 2.34. The lowest BCUT2D eigenvalue weighted by Gasteiger charge is -2.17. The summed E-state index contributed by atoms with van der Waals surface area (Å²) in [5.41, 5.74) is 0.824. The molecule has 1 heterocycles. The minimum Gasteiger partial charge on any atom is -0.309 e. The Morgan fingerprint density at radius 3 is 2.68 bits per heavy atom. The van der Waals surface area contributed by atoms with Gasteiger partial charge in [0, 0.05) is 18.9 Å². The van der Waals surface area contributed by atoms with Gasteiger partial charge in [0.2, 0.25) is 5.91 Å². The average Bonchev–Trinajstić information content (AvgIpc) is 2.56. The van der Waals surface area contributed by atoms with Gasteiger partial charge in [-0.3, -0.25) is 4.79 Å². The van der Waals surface area contributed by atoms with Gasteiger partial charge in [-0.25, -0.2) is 4.39 Å². The SMILES string of the molecule is Cc1ccc(N2CC(CS(=O)(=O)F)CC2=O)c(F)c1. The Bertz CT molecular complexity index is 615. The van der Waals surface area contributed by atoms with Gasteiger partial charge in [-0.1, -0.05) is 6.07 Å². The first kappa shape index (κ1) is 13.9. The molecule has 1 aromatic rings. The Hall–Kier alpha value is -1.50. The van der Waals surface area contributed by atoms with E-state index in [9.17, 15) is 21.5 Å². The number of aryl methyl sites for hydroxylation is 1. The summed E-state index contributed by atoms with van der Waals surface area (Å²) in [5.74, 6) is -2.28. The lowest BCUT2D eigenvalue weighted by molar-refractivity contribution is -0.117. The number of nitrogens with zero attached hydrogens (tertiary/aromatic N) is 1. The summed E-state index contributed by atoms with van der Waals surface area (Å²) in [6, 6.07) is 4.42. The molecule has 0 saturated carbocycles. The van der Waals surface area contributed by atoms with Crippen LogP contribution in [0.1, 0.15) is 12.0 Å². The fourth-order valence-corrected chi connectivity index (χ4v) is 3.02. The Balaban J connectivity index is 2.20. The van der Waals surface area contributed by atoms with Gasteiger partial charge < -0.3 is 4.90 Å². The summed E-state index contributed by atoms with van der Waals surface area (Å²) in [4.78, 5) is 12.9. The number of hydrogen-bond donors (Lipinski definition) is 0. The van der Waals surface area contributed by atoms with Crippen molar-refractivity contribution in [1.29, 1.82) is 0 Å². The number of rotatable bonds is 3. The lowest BCUT2D eigenvalue weighted by Crippen LogP contribution is -2.26. The second-order valence-corrected chi connectivity index (χ2v) is 6.15. The van der Waals surface area contributed by atoms with E-state index in [1.54, 1.807) is 13.0 Å². The molecule has 1 amide bonds. The minimum absolute atomic E-state index is 0.0158. The summed E-state index contributed by atoms with van der Waals surface area (Å²) in [5, 5.41) is 0. The van der Waals surface area contributed by atoms with Crippen LogP contribution in [0.3, 0.4) is 0 Å². The van der Waals surface area contributed by atoms with Gasteiger partial charge in [-0.05, 0) is 24.6 Å². The van der Waals surface area contributed by atoms with Crippen LogP contribution in [0.15, 0.2) is 18.2 Å². The third-order valence-electron chi connectivity index (χ3n) is 3.03. The van der Waals surface area contributed by atoms with E-state index >= 15 is 0 Å². The maximum absolute atomic E-state index is 13.8. The van der Waals surface area contributed by atoms with Crippen molar-refractivity contribution in [3.8, 4) is 0 Å². The van der Waals surface area contributed by atoms with Gasteiger partial charge in [-0.15, -0.1) is 3.89 Å². The van der Waals surface area contributed by atoms with Crippen molar-refractivity contribution in [2.75, 3.05) is 17.2 Å². The Labute approximate surface area is 110 Å². The zero-order valence-corrected chi connectivity index (χ0v) is 11.1. The Morgan fingerprint density at radius 2 is 2.11 bits per heavy atom. The van der Waals surface area contributed by atoms with Crippen molar-refractivity contribution in [1.82, 2.24) is 0 Å². The summed E-state index contributed by atoms with van der Waals surface area (Å²) >= 11 is 0. The highest BCUT2D eigenvalue weighted by Crippen LogP contribution is 2.28. The topological polar surface area (TPSA) is 54.5 Å². The second kappa shape index (κ2) is 4.88. The molecule has 7 heteroatoms. The van der Waals surface area contributed by atoms with E-state index < -0.39 is 33.6 Å². The molecule has 104 valence electrons. The van der Waals surface area contributed by atoms with E-state index in [-0.39, 0.29) is 18.7 Å². The molecule has 1 aromatic carbocycles. The van der Waals surface area contributed by atoms with Crippen LogP contribution in [0.4, 0.5) is 14.0 Å². The first-order valence-corrected chi connectivity index (χ1v) is 7.30. The molecule has 0 radical (unpaired) electrons. The van der Waals surface area contributed by atoms with Crippen molar-refractivity contribution in [3.05, 3.63) is 29.6 Å². The summed E-state index contributed by atoms with van der Waals surface area (Å²) in [6.45, 7) is 1.74. The van der Waals surface area contributed by atoms with Crippen molar-refractivity contribution in [2.24, 2.45) is 5.92 Å². The molecule has 1 unspecified atom stereocenters. The third-order valence-corrected chi connectivity index (χ3v) is 3.90. The minimum atomic E-state index is -4.63. The summed E-state index contributed by atoms with van der Waals surface area (Å²) in [6.07, 6.45) is -0.0868. The molecular weight excluding hydrogens is 276 g/mol. The normalized spacial score (nSPS) is 20.1. The first-order chi connectivity index (χ1) is 8.76. The number of amides is 1. The highest BCUT2D eigenvalue weighted by molar-refractivity contribution is 7.86. The summed E-state index contributed by atoms with van der Waals surface area (Å²) in [7, 11) is -4.63. The lowest BCUT2D eigenvalue weighted by atomic mass is 10.1. The maximum Gasteiger partial charge on any atom is 0.302 e. The molecule has 0 bridgehead atoms. The molecule has 1 fully saturated rings. The monoisotopic (exact) mass is 289 g/mol. The number of hydrogen-bond acceptors (Lipinski definition) is 3. The number of benzene rings is 1. The molecule has 0 N–H and O–H groups in total. The zero-order chi connectivity index (χ0) is 14.2. The number of carbonyl (C=O) groups excluding carboxylic acids is 1. The van der Waals surface area contributed by atoms with Crippen LogP contribution in [-0.2, 0) is 15.0 Å². The largest absolute Gasteiger partial charge is 0.309 e. The van der Waals surface area contributed by atoms with Gasteiger partial charge in [0.25, 0.3) is 0 Å². The number of anilines is 1. The molecule has 2 rings (SSSR count). The van der Waals surface area contributed by atoms with E-state index in [0.717, 1.165) is 5.56 Å². The van der Waals surface area contributed by atoms with Gasteiger partial charge in [0.1, 0.15) is 5.82 Å². The summed E-state index contributed by atoms with van der Waals surface area (Å²) < 4.78 is 47.5. The zero-order valence-electron chi connectivity index (χ0n) is 10.3. The van der Waals surface area contributed by atoms with E-state index in [0.29, 0.717) is 0 Å². The van der Waals surface area contributed by atoms with E-state index in [1.165, 1.54) is 17.0 Å². The van der Waals surface area contributed by atoms with E-state index in [4.69, 9.17) is 0 Å². The van der Waals surface area contributed by atoms with E-state index in [1.807, 2.05) is 0 Å². The molecule has 1 aliphatic rings. The van der Waals surface area contributed by atoms with Gasteiger partial charge >= 0.3 is 10.2 Å². The predicted octanol–water partition coefficient (Wildman–Crippen LogP) is 1.79. The quantitative estimate of drug-likeness (QED) is 0.797. The van der Waals surface area contributed by atoms with Crippen LogP contribution in [0.5, 0.6) is 0 Å². The van der Waals surface area contributed by atoms with Crippen molar-refractivity contribution in [2.45, 2.75) is 13.3 Å². The molecule has 0 aliphatic carbocycles. The van der Waals surface area contributed by atoms with Crippen LogP contribution in [-0.4, -0.2) is 26.6 Å². The molecular formula is C12H13F2NO3S. The predicted molar refractivity (Wildman–Crippen MR) is 66.5 cm³/mol. The average molecular weight is 289 g/mol. The molecule has 1 atom stereocenters. The highest BCUT2D eigenvalue weighted by atomic mass is 32.3. The first-order valence-electron chi connectivity index (χ1n) is 5.75. The number of halogens is 2. The van der Waals surface area contributed by atoms with Crippen molar-refractivity contribution in [3.63, 3.8) is 0 Å². The second-order valence-electron chi connectivity index (χ2n) is 4.73. The van der Waals surface area contributed by atoms with Crippen LogP contribution in [0.2, 0.25) is 0 Å². The molecule has 0 spiro atoms. The van der Waals surface area contributed by atoms with Crippen LogP contribution in [0, 0.1) is 18.7 Å². The third kappa shape index (κ3) is 3.28. The molecule has 0 aromatic heterocycles.